The second kappa shape index (κ2) is 6.88. The average Bonchev–Trinajstić information content (AvgIpc) is 2.92. The van der Waals surface area contributed by atoms with E-state index in [0.29, 0.717) is 18.8 Å². The van der Waals surface area contributed by atoms with Gasteiger partial charge in [-0.05, 0) is 24.1 Å². The summed E-state index contributed by atoms with van der Waals surface area (Å²) in [6.45, 7) is 1.12. The van der Waals surface area contributed by atoms with Gasteiger partial charge < -0.3 is 20.5 Å². The first-order chi connectivity index (χ1) is 9.56. The standard InChI is InChI=1S/C13H16ClFN2O3/c14-10-2-1-8(5-11(10)15)12(18)6-16-13(19)17-9-3-4-20-7-9/h1-2,5,9,12,18H,3-4,6-7H2,(H2,16,17,19)/t9-,12+/m0/s1. The monoisotopic (exact) mass is 302 g/mol. The van der Waals surface area contributed by atoms with Crippen molar-refractivity contribution in [3.8, 4) is 0 Å². The molecule has 1 aromatic rings. The molecule has 1 saturated heterocycles. The van der Waals surface area contributed by atoms with E-state index in [1.165, 1.54) is 12.1 Å². The molecule has 0 spiro atoms. The summed E-state index contributed by atoms with van der Waals surface area (Å²) in [5.41, 5.74) is 0.358. The molecular weight excluding hydrogens is 287 g/mol. The first-order valence-corrected chi connectivity index (χ1v) is 6.69. The zero-order chi connectivity index (χ0) is 14.5. The number of benzene rings is 1. The van der Waals surface area contributed by atoms with E-state index in [4.69, 9.17) is 16.3 Å². The number of urea groups is 1. The van der Waals surface area contributed by atoms with Crippen molar-refractivity contribution in [3.05, 3.63) is 34.6 Å². The van der Waals surface area contributed by atoms with Crippen molar-refractivity contribution in [3.63, 3.8) is 0 Å². The van der Waals surface area contributed by atoms with Gasteiger partial charge in [0.2, 0.25) is 0 Å². The Morgan fingerprint density at radius 2 is 2.40 bits per heavy atom. The van der Waals surface area contributed by atoms with Gasteiger partial charge in [0.05, 0.1) is 23.8 Å². The highest BCUT2D eigenvalue weighted by Gasteiger charge is 2.18. The number of carbonyl (C=O) groups excluding carboxylic acids is 1. The van der Waals surface area contributed by atoms with Crippen molar-refractivity contribution < 1.29 is 19.0 Å². The number of carbonyl (C=O) groups is 1. The predicted octanol–water partition coefficient (Wildman–Crippen LogP) is 1.60. The fourth-order valence-electron chi connectivity index (χ4n) is 1.91. The van der Waals surface area contributed by atoms with Gasteiger partial charge in [-0.15, -0.1) is 0 Å². The highest BCUT2D eigenvalue weighted by molar-refractivity contribution is 6.30. The Bertz CT molecular complexity index is 481. The van der Waals surface area contributed by atoms with Gasteiger partial charge in [-0.1, -0.05) is 17.7 Å². The summed E-state index contributed by atoms with van der Waals surface area (Å²) in [6.07, 6.45) is -0.217. The molecule has 0 aromatic heterocycles. The molecule has 7 heteroatoms. The summed E-state index contributed by atoms with van der Waals surface area (Å²) < 4.78 is 18.4. The molecule has 20 heavy (non-hydrogen) atoms. The lowest BCUT2D eigenvalue weighted by Crippen LogP contribution is -2.43. The molecule has 1 fully saturated rings. The van der Waals surface area contributed by atoms with Crippen LogP contribution < -0.4 is 10.6 Å². The maximum Gasteiger partial charge on any atom is 0.315 e. The minimum atomic E-state index is -0.993. The van der Waals surface area contributed by atoms with E-state index in [1.54, 1.807) is 0 Å². The third-order valence-electron chi connectivity index (χ3n) is 3.05. The Kier molecular flexibility index (Phi) is 5.17. The topological polar surface area (TPSA) is 70.6 Å². The van der Waals surface area contributed by atoms with Crippen molar-refractivity contribution >= 4 is 17.6 Å². The van der Waals surface area contributed by atoms with Crippen molar-refractivity contribution in [1.29, 1.82) is 0 Å². The smallest absolute Gasteiger partial charge is 0.315 e. The summed E-state index contributed by atoms with van der Waals surface area (Å²) in [6, 6.07) is 3.65. The molecule has 0 unspecified atom stereocenters. The number of ether oxygens (including phenoxy) is 1. The highest BCUT2D eigenvalue weighted by atomic mass is 35.5. The SMILES string of the molecule is O=C(NC[C@@H](O)c1ccc(Cl)c(F)c1)N[C@H]1CCOC1. The molecule has 0 radical (unpaired) electrons. The number of hydrogen-bond acceptors (Lipinski definition) is 3. The van der Waals surface area contributed by atoms with Crippen LogP contribution in [0.25, 0.3) is 0 Å². The fraction of sp³-hybridized carbons (Fsp3) is 0.462. The van der Waals surface area contributed by atoms with Crippen LogP contribution in [0.4, 0.5) is 9.18 Å². The molecule has 0 bridgehead atoms. The van der Waals surface area contributed by atoms with Gasteiger partial charge in [-0.2, -0.15) is 0 Å². The van der Waals surface area contributed by atoms with Crippen LogP contribution in [-0.4, -0.2) is 36.9 Å². The third-order valence-corrected chi connectivity index (χ3v) is 3.36. The summed E-state index contributed by atoms with van der Waals surface area (Å²) in [7, 11) is 0. The third kappa shape index (κ3) is 4.06. The fourth-order valence-corrected chi connectivity index (χ4v) is 2.03. The molecule has 2 amide bonds. The number of aliphatic hydroxyl groups is 1. The van der Waals surface area contributed by atoms with E-state index < -0.39 is 11.9 Å². The van der Waals surface area contributed by atoms with Crippen LogP contribution in [0, 0.1) is 5.82 Å². The molecule has 3 N–H and O–H groups in total. The quantitative estimate of drug-likeness (QED) is 0.791. The van der Waals surface area contributed by atoms with Crippen LogP contribution in [0.1, 0.15) is 18.1 Å². The zero-order valence-electron chi connectivity index (χ0n) is 10.7. The molecule has 1 aliphatic rings. The van der Waals surface area contributed by atoms with Gasteiger partial charge in [0.1, 0.15) is 5.82 Å². The minimum absolute atomic E-state index is 0.000110. The lowest BCUT2D eigenvalue weighted by Gasteiger charge is -2.15. The Hall–Kier alpha value is -1.37. The largest absolute Gasteiger partial charge is 0.387 e. The summed E-state index contributed by atoms with van der Waals surface area (Å²) in [4.78, 5) is 11.6. The van der Waals surface area contributed by atoms with Gasteiger partial charge in [0, 0.05) is 13.2 Å². The Morgan fingerprint density at radius 1 is 1.60 bits per heavy atom. The second-order valence-electron chi connectivity index (χ2n) is 4.60. The zero-order valence-corrected chi connectivity index (χ0v) is 11.5. The number of amides is 2. The van der Waals surface area contributed by atoms with Crippen molar-refractivity contribution in [2.75, 3.05) is 19.8 Å². The molecule has 0 aliphatic carbocycles. The van der Waals surface area contributed by atoms with E-state index in [1.807, 2.05) is 0 Å². The number of hydrogen-bond donors (Lipinski definition) is 3. The molecule has 1 heterocycles. The van der Waals surface area contributed by atoms with E-state index in [0.717, 1.165) is 12.5 Å². The number of halogens is 2. The molecule has 5 nitrogen and oxygen atoms in total. The van der Waals surface area contributed by atoms with Crippen LogP contribution in [0.2, 0.25) is 5.02 Å². The maximum absolute atomic E-state index is 13.3. The molecule has 2 rings (SSSR count). The molecular formula is C13H16ClFN2O3. The number of aliphatic hydroxyl groups excluding tert-OH is 1. The molecule has 1 aromatic carbocycles. The van der Waals surface area contributed by atoms with Crippen molar-refractivity contribution in [2.45, 2.75) is 18.6 Å². The minimum Gasteiger partial charge on any atom is -0.387 e. The first-order valence-electron chi connectivity index (χ1n) is 6.31. The van der Waals surface area contributed by atoms with Crippen LogP contribution in [0.3, 0.4) is 0 Å². The summed E-state index contributed by atoms with van der Waals surface area (Å²) >= 11 is 5.56. The average molecular weight is 303 g/mol. The molecule has 110 valence electrons. The lowest BCUT2D eigenvalue weighted by molar-refractivity contribution is 0.170. The Labute approximate surface area is 121 Å². The predicted molar refractivity (Wildman–Crippen MR) is 72.1 cm³/mol. The normalized spacial score (nSPS) is 19.6. The maximum atomic E-state index is 13.3. The Morgan fingerprint density at radius 3 is 3.05 bits per heavy atom. The second-order valence-corrected chi connectivity index (χ2v) is 5.01. The molecule has 0 saturated carbocycles. The van der Waals surface area contributed by atoms with E-state index in [-0.39, 0.29) is 23.6 Å². The van der Waals surface area contributed by atoms with Crippen LogP contribution in [0.5, 0.6) is 0 Å². The van der Waals surface area contributed by atoms with E-state index in [2.05, 4.69) is 10.6 Å². The highest BCUT2D eigenvalue weighted by Crippen LogP contribution is 2.19. The number of nitrogens with one attached hydrogen (secondary N) is 2. The van der Waals surface area contributed by atoms with Crippen LogP contribution in [-0.2, 0) is 4.74 Å². The summed E-state index contributed by atoms with van der Waals surface area (Å²) in [5.74, 6) is -0.601. The van der Waals surface area contributed by atoms with Gasteiger partial charge >= 0.3 is 6.03 Å². The first kappa shape index (κ1) is 15.0. The van der Waals surface area contributed by atoms with Crippen molar-refractivity contribution in [1.82, 2.24) is 10.6 Å². The molecule has 2 atom stereocenters. The van der Waals surface area contributed by atoms with Gasteiger partial charge in [0.15, 0.2) is 0 Å². The molecule has 1 aliphatic heterocycles. The van der Waals surface area contributed by atoms with Crippen LogP contribution >= 0.6 is 11.6 Å². The number of rotatable bonds is 4. The van der Waals surface area contributed by atoms with Gasteiger partial charge in [-0.25, -0.2) is 9.18 Å². The van der Waals surface area contributed by atoms with E-state index in [9.17, 15) is 14.3 Å². The van der Waals surface area contributed by atoms with Crippen molar-refractivity contribution in [2.24, 2.45) is 0 Å². The lowest BCUT2D eigenvalue weighted by atomic mass is 10.1. The van der Waals surface area contributed by atoms with Gasteiger partial charge in [-0.3, -0.25) is 0 Å². The summed E-state index contributed by atoms with van der Waals surface area (Å²) in [5, 5.41) is 15.1. The van der Waals surface area contributed by atoms with Crippen LogP contribution in [0.15, 0.2) is 18.2 Å². The van der Waals surface area contributed by atoms with Gasteiger partial charge in [0.25, 0.3) is 0 Å². The van der Waals surface area contributed by atoms with E-state index >= 15 is 0 Å². The Balaban J connectivity index is 1.80.